The van der Waals surface area contributed by atoms with Crippen LogP contribution in [0.25, 0.3) is 0 Å². The van der Waals surface area contributed by atoms with E-state index in [9.17, 15) is 0 Å². The smallest absolute Gasteiger partial charge is 0.123 e. The Morgan fingerprint density at radius 1 is 1.17 bits per heavy atom. The number of fused-ring (bicyclic) bond motifs is 2. The number of likely N-dealkylation sites (tertiary alicyclic amines) is 1. The predicted octanol–water partition coefficient (Wildman–Crippen LogP) is 4.81. The van der Waals surface area contributed by atoms with Crippen molar-refractivity contribution in [3.05, 3.63) is 40.9 Å². The zero-order valence-electron chi connectivity index (χ0n) is 13.8. The molecule has 1 spiro atoms. The van der Waals surface area contributed by atoms with Gasteiger partial charge in [-0.2, -0.15) is 0 Å². The highest BCUT2D eigenvalue weighted by Gasteiger charge is 2.40. The van der Waals surface area contributed by atoms with Crippen LogP contribution in [-0.2, 0) is 5.41 Å². The lowest BCUT2D eigenvalue weighted by molar-refractivity contribution is 0.104. The van der Waals surface area contributed by atoms with Gasteiger partial charge in [-0.1, -0.05) is 23.8 Å². The van der Waals surface area contributed by atoms with Gasteiger partial charge in [-0.05, 0) is 75.7 Å². The zero-order chi connectivity index (χ0) is 15.7. The van der Waals surface area contributed by atoms with Crippen molar-refractivity contribution in [3.63, 3.8) is 0 Å². The van der Waals surface area contributed by atoms with Crippen molar-refractivity contribution in [1.82, 2.24) is 4.90 Å². The largest absolute Gasteiger partial charge is 0.493 e. The fourth-order valence-electron chi connectivity index (χ4n) is 4.60. The van der Waals surface area contributed by atoms with Crippen LogP contribution in [0, 0.1) is 5.92 Å². The molecule has 2 heterocycles. The first-order chi connectivity index (χ1) is 11.3. The maximum atomic E-state index is 6.26. The van der Waals surface area contributed by atoms with Crippen molar-refractivity contribution >= 4 is 11.6 Å². The van der Waals surface area contributed by atoms with Crippen LogP contribution in [0.15, 0.2) is 30.4 Å². The lowest BCUT2D eigenvalue weighted by Crippen LogP contribution is -2.46. The highest BCUT2D eigenvalue weighted by Crippen LogP contribution is 2.46. The summed E-state index contributed by atoms with van der Waals surface area (Å²) in [5, 5.41) is 0.838. The summed E-state index contributed by atoms with van der Waals surface area (Å²) in [6, 6.07) is 6.15. The molecule has 4 rings (SSSR count). The Kier molecular flexibility index (Phi) is 4.38. The molecular formula is C20H26ClNO. The molecule has 1 aliphatic carbocycles. The van der Waals surface area contributed by atoms with Gasteiger partial charge in [0.2, 0.25) is 0 Å². The van der Waals surface area contributed by atoms with E-state index in [1.807, 2.05) is 6.07 Å². The summed E-state index contributed by atoms with van der Waals surface area (Å²) in [6.45, 7) is 4.56. The fourth-order valence-corrected chi connectivity index (χ4v) is 4.78. The Bertz CT molecular complexity index is 589. The maximum absolute atomic E-state index is 6.26. The molecule has 0 N–H and O–H groups in total. The summed E-state index contributed by atoms with van der Waals surface area (Å²) in [5.41, 5.74) is 1.65. The molecule has 3 heteroatoms. The quantitative estimate of drug-likeness (QED) is 0.721. The summed E-state index contributed by atoms with van der Waals surface area (Å²) in [7, 11) is 0. The van der Waals surface area contributed by atoms with Crippen LogP contribution in [0.5, 0.6) is 5.75 Å². The van der Waals surface area contributed by atoms with Crippen molar-refractivity contribution < 1.29 is 4.74 Å². The minimum Gasteiger partial charge on any atom is -0.493 e. The molecule has 1 fully saturated rings. The van der Waals surface area contributed by atoms with Gasteiger partial charge in [-0.25, -0.2) is 0 Å². The van der Waals surface area contributed by atoms with E-state index in [4.69, 9.17) is 16.3 Å². The molecule has 124 valence electrons. The van der Waals surface area contributed by atoms with Crippen LogP contribution in [0.2, 0.25) is 5.02 Å². The van der Waals surface area contributed by atoms with Gasteiger partial charge < -0.3 is 9.64 Å². The molecule has 1 aromatic rings. The van der Waals surface area contributed by atoms with E-state index in [1.165, 1.54) is 57.3 Å². The first-order valence-electron chi connectivity index (χ1n) is 9.05. The Labute approximate surface area is 144 Å². The zero-order valence-corrected chi connectivity index (χ0v) is 14.5. The first-order valence-corrected chi connectivity index (χ1v) is 9.43. The summed E-state index contributed by atoms with van der Waals surface area (Å²) in [4.78, 5) is 2.69. The molecule has 23 heavy (non-hydrogen) atoms. The summed E-state index contributed by atoms with van der Waals surface area (Å²) >= 11 is 6.26. The van der Waals surface area contributed by atoms with Crippen LogP contribution in [0.1, 0.15) is 44.1 Å². The average molecular weight is 332 g/mol. The normalized spacial score (nSPS) is 26.7. The van der Waals surface area contributed by atoms with E-state index in [0.717, 1.165) is 29.7 Å². The fraction of sp³-hybridized carbons (Fsp3) is 0.600. The Morgan fingerprint density at radius 2 is 2.04 bits per heavy atom. The molecule has 1 atom stereocenters. The van der Waals surface area contributed by atoms with Crippen LogP contribution < -0.4 is 4.74 Å². The van der Waals surface area contributed by atoms with Gasteiger partial charge in [-0.3, -0.25) is 0 Å². The van der Waals surface area contributed by atoms with Crippen LogP contribution in [0.3, 0.4) is 0 Å². The predicted molar refractivity (Wildman–Crippen MR) is 95.4 cm³/mol. The van der Waals surface area contributed by atoms with Crippen molar-refractivity contribution in [3.8, 4) is 5.75 Å². The van der Waals surface area contributed by atoms with Gasteiger partial charge in [-0.15, -0.1) is 0 Å². The number of ether oxygens (including phenoxy) is 1. The number of hydrogen-bond acceptors (Lipinski definition) is 2. The average Bonchev–Trinajstić information content (AvgIpc) is 2.59. The molecular weight excluding hydrogens is 306 g/mol. The minimum atomic E-state index is 0.293. The highest BCUT2D eigenvalue weighted by atomic mass is 35.5. The molecule has 0 bridgehead atoms. The van der Waals surface area contributed by atoms with Crippen LogP contribution in [-0.4, -0.2) is 31.1 Å². The van der Waals surface area contributed by atoms with Crippen LogP contribution in [0.4, 0.5) is 0 Å². The summed E-state index contributed by atoms with van der Waals surface area (Å²) < 4.78 is 5.87. The van der Waals surface area contributed by atoms with Crippen molar-refractivity contribution in [1.29, 1.82) is 0 Å². The van der Waals surface area contributed by atoms with E-state index in [2.05, 4.69) is 29.2 Å². The van der Waals surface area contributed by atoms with E-state index < -0.39 is 0 Å². The maximum Gasteiger partial charge on any atom is 0.123 e. The number of halogens is 1. The second-order valence-corrected chi connectivity index (χ2v) is 7.91. The molecule has 1 unspecified atom stereocenters. The number of benzene rings is 1. The first kappa shape index (κ1) is 15.5. The highest BCUT2D eigenvalue weighted by molar-refractivity contribution is 6.30. The summed E-state index contributed by atoms with van der Waals surface area (Å²) in [5.74, 6) is 1.93. The van der Waals surface area contributed by atoms with E-state index in [0.29, 0.717) is 5.41 Å². The van der Waals surface area contributed by atoms with Gasteiger partial charge in [0.15, 0.2) is 0 Å². The van der Waals surface area contributed by atoms with Gasteiger partial charge in [0.25, 0.3) is 0 Å². The van der Waals surface area contributed by atoms with Gasteiger partial charge >= 0.3 is 0 Å². The molecule has 0 amide bonds. The molecule has 3 aliphatic rings. The Morgan fingerprint density at radius 3 is 2.83 bits per heavy atom. The number of hydrogen-bond donors (Lipinski definition) is 0. The van der Waals surface area contributed by atoms with Gasteiger partial charge in [0.1, 0.15) is 5.75 Å². The van der Waals surface area contributed by atoms with Gasteiger partial charge in [0.05, 0.1) is 6.61 Å². The lowest BCUT2D eigenvalue weighted by atomic mass is 9.69. The molecule has 0 saturated carbocycles. The minimum absolute atomic E-state index is 0.293. The molecule has 0 aromatic heterocycles. The number of allylic oxidation sites excluding steroid dienone is 2. The standard InChI is InChI=1S/C20H26ClNO/c21-17-6-7-19-18(14-17)20(10-13-23-19)8-11-22(12-9-20)15-16-4-2-1-3-5-16/h1-2,6-7,14,16H,3-5,8-13,15H2. The third kappa shape index (κ3) is 3.16. The Balaban J connectivity index is 1.45. The number of piperidine rings is 1. The molecule has 2 nitrogen and oxygen atoms in total. The lowest BCUT2D eigenvalue weighted by Gasteiger charge is -2.45. The van der Waals surface area contributed by atoms with Crippen molar-refractivity contribution in [2.24, 2.45) is 5.92 Å². The number of nitrogens with zero attached hydrogens (tertiary/aromatic N) is 1. The third-order valence-electron chi connectivity index (χ3n) is 6.06. The molecule has 2 aliphatic heterocycles. The van der Waals surface area contributed by atoms with E-state index in [1.54, 1.807) is 0 Å². The Hall–Kier alpha value is -0.990. The monoisotopic (exact) mass is 331 g/mol. The topological polar surface area (TPSA) is 12.5 Å². The second kappa shape index (κ2) is 6.49. The molecule has 1 saturated heterocycles. The van der Waals surface area contributed by atoms with E-state index >= 15 is 0 Å². The van der Waals surface area contributed by atoms with Gasteiger partial charge in [0, 0.05) is 22.5 Å². The third-order valence-corrected chi connectivity index (χ3v) is 6.29. The molecule has 0 radical (unpaired) electrons. The number of rotatable bonds is 2. The van der Waals surface area contributed by atoms with E-state index in [-0.39, 0.29) is 0 Å². The second-order valence-electron chi connectivity index (χ2n) is 7.47. The van der Waals surface area contributed by atoms with Crippen molar-refractivity contribution in [2.45, 2.75) is 43.9 Å². The van der Waals surface area contributed by atoms with Crippen LogP contribution >= 0.6 is 11.6 Å². The van der Waals surface area contributed by atoms with Crippen molar-refractivity contribution in [2.75, 3.05) is 26.2 Å². The SMILES string of the molecule is Clc1ccc2c(c1)C1(CCO2)CCN(CC2CC=CCC2)CC1. The summed E-state index contributed by atoms with van der Waals surface area (Å²) in [6.07, 6.45) is 12.2. The molecule has 1 aromatic carbocycles.